The quantitative estimate of drug-likeness (QED) is 0.650. The van der Waals surface area contributed by atoms with E-state index in [0.717, 1.165) is 24.8 Å². The molecule has 1 aromatic carbocycles. The highest BCUT2D eigenvalue weighted by atomic mass is 16.6. The van der Waals surface area contributed by atoms with Gasteiger partial charge in [0.25, 0.3) is 0 Å². The monoisotopic (exact) mass is 399 g/mol. The third kappa shape index (κ3) is 7.41. The molecule has 2 N–H and O–H groups in total. The molecule has 6 nitrogen and oxygen atoms in total. The number of carbonyl (C=O) groups excluding carboxylic acids is 2. The van der Waals surface area contributed by atoms with E-state index in [1.165, 1.54) is 0 Å². The molecule has 0 bridgehead atoms. The molecule has 1 aliphatic carbocycles. The fourth-order valence-electron chi connectivity index (χ4n) is 3.99. The van der Waals surface area contributed by atoms with Crippen LogP contribution in [0.15, 0.2) is 30.3 Å². The van der Waals surface area contributed by atoms with E-state index in [2.05, 4.69) is 31.4 Å². The van der Waals surface area contributed by atoms with Gasteiger partial charge in [-0.1, -0.05) is 57.5 Å². The van der Waals surface area contributed by atoms with Crippen LogP contribution >= 0.6 is 0 Å². The van der Waals surface area contributed by atoms with Gasteiger partial charge in [-0.25, -0.2) is 4.79 Å². The Bertz CT molecular complexity index is 699. The number of hydrogen-bond acceptors (Lipinski definition) is 4. The summed E-state index contributed by atoms with van der Waals surface area (Å²) in [7, 11) is 0. The van der Waals surface area contributed by atoms with Gasteiger partial charge in [-0.05, 0) is 36.2 Å². The normalized spacial score (nSPS) is 22.4. The summed E-state index contributed by atoms with van der Waals surface area (Å²) < 4.78 is 5.80. The smallest absolute Gasteiger partial charge is 0.408 e. The molecule has 158 valence electrons. The number of carbonyl (C=O) groups is 2. The molecule has 1 fully saturated rings. The molecule has 1 aliphatic rings. The van der Waals surface area contributed by atoms with Crippen molar-refractivity contribution < 1.29 is 14.3 Å². The van der Waals surface area contributed by atoms with Crippen molar-refractivity contribution in [3.05, 3.63) is 35.9 Å². The van der Waals surface area contributed by atoms with Crippen LogP contribution in [0.25, 0.3) is 0 Å². The lowest BCUT2D eigenvalue weighted by molar-refractivity contribution is -0.123. The van der Waals surface area contributed by atoms with Gasteiger partial charge in [-0.2, -0.15) is 5.26 Å². The first-order valence-electron chi connectivity index (χ1n) is 10.6. The highest BCUT2D eigenvalue weighted by Crippen LogP contribution is 2.35. The third-order valence-corrected chi connectivity index (χ3v) is 5.65. The van der Waals surface area contributed by atoms with Crippen LogP contribution in [-0.2, 0) is 16.0 Å². The highest BCUT2D eigenvalue weighted by molar-refractivity contribution is 5.86. The minimum absolute atomic E-state index is 0.127. The highest BCUT2D eigenvalue weighted by Gasteiger charge is 2.34. The lowest BCUT2D eigenvalue weighted by atomic mass is 9.75. The topological polar surface area (TPSA) is 91.2 Å². The number of hydrogen-bond donors (Lipinski definition) is 2. The fraction of sp³-hybridized carbons (Fsp3) is 0.609. The van der Waals surface area contributed by atoms with E-state index in [4.69, 9.17) is 10.00 Å². The molecule has 6 heteroatoms. The van der Waals surface area contributed by atoms with E-state index in [1.54, 1.807) is 0 Å². The lowest BCUT2D eigenvalue weighted by Gasteiger charge is -2.36. The van der Waals surface area contributed by atoms with E-state index < -0.39 is 12.1 Å². The van der Waals surface area contributed by atoms with Gasteiger partial charge in [0.2, 0.25) is 5.91 Å². The largest absolute Gasteiger partial charge is 0.446 e. The summed E-state index contributed by atoms with van der Waals surface area (Å²) in [4.78, 5) is 25.2. The van der Waals surface area contributed by atoms with E-state index in [9.17, 15) is 9.59 Å². The zero-order valence-electron chi connectivity index (χ0n) is 17.7. The number of alkyl carbamates (subject to hydrolysis) is 1. The fourth-order valence-corrected chi connectivity index (χ4v) is 3.99. The molecule has 4 unspecified atom stereocenters. The number of benzene rings is 1. The van der Waals surface area contributed by atoms with Crippen LogP contribution in [0.2, 0.25) is 0 Å². The Kier molecular flexibility index (Phi) is 8.98. The van der Waals surface area contributed by atoms with Crippen LogP contribution in [0, 0.1) is 29.1 Å². The number of amides is 2. The van der Waals surface area contributed by atoms with E-state index in [-0.39, 0.29) is 25.0 Å². The van der Waals surface area contributed by atoms with Crippen LogP contribution in [0.3, 0.4) is 0 Å². The predicted molar refractivity (Wildman–Crippen MR) is 112 cm³/mol. The maximum atomic E-state index is 12.7. The van der Waals surface area contributed by atoms with Crippen molar-refractivity contribution in [2.75, 3.05) is 6.54 Å². The summed E-state index contributed by atoms with van der Waals surface area (Å²) in [6.07, 6.45) is 2.98. The van der Waals surface area contributed by atoms with E-state index >= 15 is 0 Å². The molecule has 0 saturated heterocycles. The lowest BCUT2D eigenvalue weighted by Crippen LogP contribution is -2.49. The molecule has 0 aliphatic heterocycles. The predicted octanol–water partition coefficient (Wildman–Crippen LogP) is 3.81. The minimum Gasteiger partial charge on any atom is -0.446 e. The van der Waals surface area contributed by atoms with Crippen molar-refractivity contribution in [2.45, 2.75) is 65.0 Å². The zero-order valence-corrected chi connectivity index (χ0v) is 17.7. The van der Waals surface area contributed by atoms with Gasteiger partial charge in [-0.15, -0.1) is 0 Å². The maximum absolute atomic E-state index is 12.7. The molecule has 0 spiro atoms. The Morgan fingerprint density at radius 3 is 2.62 bits per heavy atom. The Morgan fingerprint density at radius 2 is 1.97 bits per heavy atom. The van der Waals surface area contributed by atoms with Crippen molar-refractivity contribution in [3.63, 3.8) is 0 Å². The molecular weight excluding hydrogens is 366 g/mol. The number of rotatable bonds is 8. The summed E-state index contributed by atoms with van der Waals surface area (Å²) in [5.41, 5.74) is 0.944. The summed E-state index contributed by atoms with van der Waals surface area (Å²) in [6, 6.07) is 10.8. The second kappa shape index (κ2) is 11.5. The maximum Gasteiger partial charge on any atom is 0.408 e. The molecule has 0 radical (unpaired) electrons. The van der Waals surface area contributed by atoms with Crippen molar-refractivity contribution >= 4 is 12.0 Å². The third-order valence-electron chi connectivity index (χ3n) is 5.65. The van der Waals surface area contributed by atoms with Crippen molar-refractivity contribution in [2.24, 2.45) is 17.8 Å². The van der Waals surface area contributed by atoms with Gasteiger partial charge in [0.15, 0.2) is 0 Å². The number of nitriles is 1. The van der Waals surface area contributed by atoms with Gasteiger partial charge in [0, 0.05) is 13.0 Å². The first-order valence-corrected chi connectivity index (χ1v) is 10.6. The van der Waals surface area contributed by atoms with Crippen LogP contribution in [-0.4, -0.2) is 30.7 Å². The average Bonchev–Trinajstić information content (AvgIpc) is 2.68. The van der Waals surface area contributed by atoms with Gasteiger partial charge in [-0.3, -0.25) is 4.79 Å². The molecule has 2 amide bonds. The van der Waals surface area contributed by atoms with Gasteiger partial charge in [0.05, 0.1) is 12.5 Å². The van der Waals surface area contributed by atoms with Gasteiger partial charge in [0.1, 0.15) is 12.1 Å². The second-order valence-electron chi connectivity index (χ2n) is 8.36. The van der Waals surface area contributed by atoms with E-state index in [0.29, 0.717) is 24.2 Å². The Morgan fingerprint density at radius 1 is 1.24 bits per heavy atom. The summed E-state index contributed by atoms with van der Waals surface area (Å²) in [5.74, 6) is 0.999. The minimum atomic E-state index is -0.748. The number of nitrogens with zero attached hydrogens (tertiary/aromatic N) is 1. The summed E-state index contributed by atoms with van der Waals surface area (Å²) in [5, 5.41) is 14.2. The molecular formula is C23H33N3O3. The molecule has 1 saturated carbocycles. The van der Waals surface area contributed by atoms with Crippen molar-refractivity contribution in [3.8, 4) is 6.07 Å². The van der Waals surface area contributed by atoms with Crippen LogP contribution in [0.4, 0.5) is 4.79 Å². The average molecular weight is 400 g/mol. The van der Waals surface area contributed by atoms with Crippen LogP contribution in [0.5, 0.6) is 0 Å². The van der Waals surface area contributed by atoms with Crippen molar-refractivity contribution in [1.82, 2.24) is 10.6 Å². The first kappa shape index (κ1) is 22.7. The van der Waals surface area contributed by atoms with E-state index in [1.807, 2.05) is 36.4 Å². The molecule has 0 heterocycles. The number of ether oxygens (including phenoxy) is 1. The Balaban J connectivity index is 2.02. The van der Waals surface area contributed by atoms with Crippen molar-refractivity contribution in [1.29, 1.82) is 5.26 Å². The molecule has 2 rings (SSSR count). The first-order chi connectivity index (χ1) is 13.9. The standard InChI is InChI=1S/C23H33N3O3/c1-16(2)19-11-10-17(3)14-21(19)29-23(28)26-20(22(27)25-13-7-12-24)15-18-8-5-4-6-9-18/h4-6,8-9,16-17,19-21H,7,10-11,13-15H2,1-3H3,(H,25,27)(H,26,28). The summed E-state index contributed by atoms with van der Waals surface area (Å²) in [6.45, 7) is 6.77. The summed E-state index contributed by atoms with van der Waals surface area (Å²) >= 11 is 0. The molecule has 4 atom stereocenters. The molecule has 29 heavy (non-hydrogen) atoms. The van der Waals surface area contributed by atoms with Crippen LogP contribution < -0.4 is 10.6 Å². The second-order valence-corrected chi connectivity index (χ2v) is 8.36. The van der Waals surface area contributed by atoms with Gasteiger partial charge >= 0.3 is 6.09 Å². The Labute approximate surface area is 174 Å². The number of nitrogens with one attached hydrogen (secondary N) is 2. The Hall–Kier alpha value is -2.55. The molecule has 0 aromatic heterocycles. The zero-order chi connectivity index (χ0) is 21.2. The van der Waals surface area contributed by atoms with Crippen LogP contribution in [0.1, 0.15) is 52.0 Å². The van der Waals surface area contributed by atoms with Gasteiger partial charge < -0.3 is 15.4 Å². The SMILES string of the molecule is CC1CCC(C(C)C)C(OC(=O)NC(Cc2ccccc2)C(=O)NCCC#N)C1. The molecule has 1 aromatic rings.